The summed E-state index contributed by atoms with van der Waals surface area (Å²) in [5.41, 5.74) is 1.85. The number of hydrogen-bond acceptors (Lipinski definition) is 7. The normalized spacial score (nSPS) is 10.0. The molecule has 0 amide bonds. The van der Waals surface area contributed by atoms with Gasteiger partial charge in [-0.25, -0.2) is 4.98 Å². The molecule has 2 aromatic rings. The maximum atomic E-state index is 10.8. The van der Waals surface area contributed by atoms with Crippen molar-refractivity contribution in [3.8, 4) is 5.40 Å². The first-order valence-corrected chi connectivity index (χ1v) is 7.69. The fourth-order valence-corrected chi connectivity index (χ4v) is 2.56. The van der Waals surface area contributed by atoms with Crippen LogP contribution in [0.5, 0.6) is 0 Å². The monoisotopic (exact) mass is 379 g/mol. The average molecular weight is 380 g/mol. The molecule has 0 aliphatic heterocycles. The van der Waals surface area contributed by atoms with Crippen molar-refractivity contribution in [2.45, 2.75) is 18.5 Å². The zero-order chi connectivity index (χ0) is 16.1. The summed E-state index contributed by atoms with van der Waals surface area (Å²) in [5.74, 6) is 0.239. The minimum Gasteiger partial charge on any atom is -0.350 e. The van der Waals surface area contributed by atoms with Crippen LogP contribution in [0.15, 0.2) is 33.9 Å². The number of nitrogens with one attached hydrogen (secondary N) is 1. The van der Waals surface area contributed by atoms with E-state index in [1.165, 1.54) is 0 Å². The van der Waals surface area contributed by atoms with Gasteiger partial charge < -0.3 is 5.32 Å². The molecule has 0 aliphatic carbocycles. The number of thioether (sulfide) groups is 1. The fourth-order valence-electron chi connectivity index (χ4n) is 1.71. The van der Waals surface area contributed by atoms with E-state index in [0.717, 1.165) is 21.8 Å². The maximum absolute atomic E-state index is 10.8. The zero-order valence-corrected chi connectivity index (χ0v) is 13.8. The van der Waals surface area contributed by atoms with E-state index in [-0.39, 0.29) is 16.7 Å². The topological polar surface area (TPSA) is 105 Å². The lowest BCUT2D eigenvalue weighted by Crippen LogP contribution is -2.06. The van der Waals surface area contributed by atoms with Crippen LogP contribution in [-0.4, -0.2) is 14.9 Å². The van der Waals surface area contributed by atoms with Gasteiger partial charge in [0, 0.05) is 22.8 Å². The third kappa shape index (κ3) is 3.72. The van der Waals surface area contributed by atoms with Gasteiger partial charge in [0.25, 0.3) is 0 Å². The van der Waals surface area contributed by atoms with Crippen molar-refractivity contribution in [3.05, 3.63) is 50.1 Å². The van der Waals surface area contributed by atoms with E-state index >= 15 is 0 Å². The number of rotatable bonds is 5. The molecule has 112 valence electrons. The highest BCUT2D eigenvalue weighted by Gasteiger charge is 2.18. The standard InChI is InChI=1S/C13H10BrN5O2S/c1-8-9(3-2-4-10(8)14)5-16-13-17-6-11(19(20)21)12(18-13)22-7-15/h2-4,6H,5H2,1H3,(H,16,17,18). The highest BCUT2D eigenvalue weighted by Crippen LogP contribution is 2.26. The van der Waals surface area contributed by atoms with Gasteiger partial charge in [-0.3, -0.25) is 10.1 Å². The second kappa shape index (κ2) is 7.20. The Bertz CT molecular complexity index is 763. The van der Waals surface area contributed by atoms with Gasteiger partial charge in [-0.05, 0) is 24.1 Å². The lowest BCUT2D eigenvalue weighted by atomic mass is 10.1. The van der Waals surface area contributed by atoms with Gasteiger partial charge in [0.15, 0.2) is 5.03 Å². The maximum Gasteiger partial charge on any atom is 0.320 e. The minimum absolute atomic E-state index is 0.0240. The second-order valence-corrected chi connectivity index (χ2v) is 5.84. The van der Waals surface area contributed by atoms with E-state index in [2.05, 4.69) is 31.2 Å². The SMILES string of the molecule is Cc1c(Br)cccc1CNc1ncc([N+](=O)[O-])c(SC#N)n1. The molecule has 1 heterocycles. The van der Waals surface area contributed by atoms with E-state index in [1.54, 1.807) is 5.40 Å². The van der Waals surface area contributed by atoms with Gasteiger partial charge in [0.05, 0.1) is 4.92 Å². The lowest BCUT2D eigenvalue weighted by molar-refractivity contribution is -0.388. The molecule has 0 spiro atoms. The zero-order valence-electron chi connectivity index (χ0n) is 11.4. The fraction of sp³-hybridized carbons (Fsp3) is 0.154. The summed E-state index contributed by atoms with van der Waals surface area (Å²) in [6.07, 6.45) is 1.10. The molecule has 0 unspecified atom stereocenters. The van der Waals surface area contributed by atoms with Crippen molar-refractivity contribution in [1.82, 2.24) is 9.97 Å². The molecule has 1 aromatic heterocycles. The molecule has 0 fully saturated rings. The Labute approximate surface area is 139 Å². The smallest absolute Gasteiger partial charge is 0.320 e. The number of hydrogen-bond donors (Lipinski definition) is 1. The Morgan fingerprint density at radius 1 is 1.55 bits per heavy atom. The van der Waals surface area contributed by atoms with Crippen molar-refractivity contribution in [2.75, 3.05) is 5.32 Å². The third-order valence-corrected chi connectivity index (χ3v) is 4.34. The van der Waals surface area contributed by atoms with Crippen molar-refractivity contribution in [1.29, 1.82) is 5.26 Å². The Morgan fingerprint density at radius 2 is 2.32 bits per heavy atom. The van der Waals surface area contributed by atoms with Crippen molar-refractivity contribution < 1.29 is 4.92 Å². The summed E-state index contributed by atoms with van der Waals surface area (Å²) in [7, 11) is 0. The van der Waals surface area contributed by atoms with Crippen LogP contribution in [0.4, 0.5) is 11.6 Å². The molecule has 9 heteroatoms. The first-order valence-electron chi connectivity index (χ1n) is 6.08. The number of anilines is 1. The van der Waals surface area contributed by atoms with Crippen LogP contribution in [0, 0.1) is 27.7 Å². The number of nitro groups is 1. The molecule has 0 aliphatic rings. The molecule has 0 atom stereocenters. The van der Waals surface area contributed by atoms with Crippen LogP contribution in [0.2, 0.25) is 0 Å². The minimum atomic E-state index is -0.609. The van der Waals surface area contributed by atoms with Gasteiger partial charge in [-0.1, -0.05) is 28.1 Å². The highest BCUT2D eigenvalue weighted by atomic mass is 79.9. The molecule has 2 rings (SSSR count). The molecular formula is C13H10BrN5O2S. The highest BCUT2D eigenvalue weighted by molar-refractivity contribution is 9.10. The van der Waals surface area contributed by atoms with Crippen LogP contribution in [0.25, 0.3) is 0 Å². The van der Waals surface area contributed by atoms with E-state index in [9.17, 15) is 10.1 Å². The van der Waals surface area contributed by atoms with Gasteiger partial charge in [-0.2, -0.15) is 10.2 Å². The quantitative estimate of drug-likeness (QED) is 0.278. The predicted octanol–water partition coefficient (Wildman–Crippen LogP) is 3.64. The summed E-state index contributed by atoms with van der Waals surface area (Å²) in [6, 6.07) is 5.83. The van der Waals surface area contributed by atoms with Crippen LogP contribution in [-0.2, 0) is 6.54 Å². The molecule has 1 aromatic carbocycles. The summed E-state index contributed by atoms with van der Waals surface area (Å²) >= 11 is 4.09. The molecular weight excluding hydrogens is 370 g/mol. The number of thiocyanates is 1. The van der Waals surface area contributed by atoms with Crippen molar-refractivity contribution >= 4 is 39.3 Å². The van der Waals surface area contributed by atoms with E-state index in [4.69, 9.17) is 5.26 Å². The number of benzene rings is 1. The van der Waals surface area contributed by atoms with Crippen LogP contribution >= 0.6 is 27.7 Å². The Morgan fingerprint density at radius 3 is 3.00 bits per heavy atom. The summed E-state index contributed by atoms with van der Waals surface area (Å²) in [5, 5.41) is 24.4. The largest absolute Gasteiger partial charge is 0.350 e. The molecule has 1 N–H and O–H groups in total. The molecule has 0 saturated heterocycles. The Kier molecular flexibility index (Phi) is 5.30. The lowest BCUT2D eigenvalue weighted by Gasteiger charge is -2.09. The number of nitriles is 1. The molecule has 0 saturated carbocycles. The third-order valence-electron chi connectivity index (χ3n) is 2.89. The van der Waals surface area contributed by atoms with E-state index < -0.39 is 4.92 Å². The van der Waals surface area contributed by atoms with Crippen LogP contribution < -0.4 is 5.32 Å². The van der Waals surface area contributed by atoms with Gasteiger partial charge in [0.1, 0.15) is 11.6 Å². The van der Waals surface area contributed by atoms with Crippen molar-refractivity contribution in [2.24, 2.45) is 0 Å². The molecule has 7 nitrogen and oxygen atoms in total. The molecule has 22 heavy (non-hydrogen) atoms. The van der Waals surface area contributed by atoms with Gasteiger partial charge >= 0.3 is 5.69 Å². The van der Waals surface area contributed by atoms with Gasteiger partial charge in [-0.15, -0.1) is 0 Å². The molecule has 0 radical (unpaired) electrons. The molecule has 0 bridgehead atoms. The van der Waals surface area contributed by atoms with E-state index in [1.807, 2.05) is 25.1 Å². The van der Waals surface area contributed by atoms with Crippen LogP contribution in [0.3, 0.4) is 0 Å². The Balaban J connectivity index is 2.20. The predicted molar refractivity (Wildman–Crippen MR) is 86.4 cm³/mol. The van der Waals surface area contributed by atoms with Gasteiger partial charge in [0.2, 0.25) is 5.95 Å². The number of halogens is 1. The number of nitrogens with zero attached hydrogens (tertiary/aromatic N) is 4. The first kappa shape index (κ1) is 16.2. The number of aromatic nitrogens is 2. The Hall–Kier alpha value is -2.18. The summed E-state index contributed by atoms with van der Waals surface area (Å²) in [4.78, 5) is 18.2. The van der Waals surface area contributed by atoms with Crippen molar-refractivity contribution in [3.63, 3.8) is 0 Å². The summed E-state index contributed by atoms with van der Waals surface area (Å²) < 4.78 is 0.997. The second-order valence-electron chi connectivity index (χ2n) is 4.21. The van der Waals surface area contributed by atoms with Crippen LogP contribution in [0.1, 0.15) is 11.1 Å². The van der Waals surface area contributed by atoms with E-state index in [0.29, 0.717) is 18.3 Å². The summed E-state index contributed by atoms with van der Waals surface area (Å²) in [6.45, 7) is 2.45. The first-order chi connectivity index (χ1) is 10.5. The average Bonchev–Trinajstić information content (AvgIpc) is 2.49.